The lowest BCUT2D eigenvalue weighted by Gasteiger charge is -2.33. The van der Waals surface area contributed by atoms with Crippen LogP contribution in [0.5, 0.6) is 0 Å². The van der Waals surface area contributed by atoms with Crippen molar-refractivity contribution in [3.8, 4) is 0 Å². The number of halogens is 2. The van der Waals surface area contributed by atoms with Crippen LogP contribution in [0.1, 0.15) is 36.2 Å². The van der Waals surface area contributed by atoms with Crippen molar-refractivity contribution in [3.05, 3.63) is 47.3 Å². The number of ether oxygens (including phenoxy) is 1. The average molecular weight is 391 g/mol. The van der Waals surface area contributed by atoms with Crippen LogP contribution in [0.2, 0.25) is 0 Å². The van der Waals surface area contributed by atoms with Gasteiger partial charge < -0.3 is 19.5 Å². The standard InChI is InChI=1S/C19H23F2N5O2/c20-15-4-2-1-3-14(15)18(21)13-5-7-25(8-6-13)19(27)22-11-16-23-24-17-12-28-10-9-26(16)17/h1-4,13,18H,5-12H2,(H,22,27). The topological polar surface area (TPSA) is 72.3 Å². The fourth-order valence-electron chi connectivity index (χ4n) is 3.80. The minimum atomic E-state index is -1.35. The van der Waals surface area contributed by atoms with Gasteiger partial charge in [0.25, 0.3) is 0 Å². The van der Waals surface area contributed by atoms with Gasteiger partial charge in [-0.25, -0.2) is 13.6 Å². The summed E-state index contributed by atoms with van der Waals surface area (Å²) in [6.45, 7) is 2.88. The molecule has 1 fully saturated rings. The molecule has 0 saturated carbocycles. The van der Waals surface area contributed by atoms with Gasteiger partial charge in [-0.15, -0.1) is 10.2 Å². The molecule has 0 radical (unpaired) electrons. The molecule has 1 N–H and O–H groups in total. The summed E-state index contributed by atoms with van der Waals surface area (Å²) >= 11 is 0. The lowest BCUT2D eigenvalue weighted by atomic mass is 9.88. The summed E-state index contributed by atoms with van der Waals surface area (Å²) in [4.78, 5) is 14.1. The van der Waals surface area contributed by atoms with Crippen molar-refractivity contribution in [3.63, 3.8) is 0 Å². The highest BCUT2D eigenvalue weighted by Crippen LogP contribution is 2.35. The number of alkyl halides is 1. The molecule has 2 amide bonds. The third-order valence-corrected chi connectivity index (χ3v) is 5.44. The van der Waals surface area contributed by atoms with Gasteiger partial charge in [-0.05, 0) is 24.8 Å². The first-order valence-electron chi connectivity index (χ1n) is 9.53. The van der Waals surface area contributed by atoms with E-state index in [1.54, 1.807) is 17.0 Å². The molecule has 1 aromatic carbocycles. The second-order valence-corrected chi connectivity index (χ2v) is 7.14. The zero-order chi connectivity index (χ0) is 19.5. The molecule has 3 heterocycles. The Hall–Kier alpha value is -2.55. The van der Waals surface area contributed by atoms with Gasteiger partial charge in [0, 0.05) is 25.2 Å². The first-order valence-corrected chi connectivity index (χ1v) is 9.53. The Kier molecular flexibility index (Phi) is 5.52. The smallest absolute Gasteiger partial charge is 0.317 e. The Balaban J connectivity index is 1.28. The Bertz CT molecular complexity index is 835. The summed E-state index contributed by atoms with van der Waals surface area (Å²) in [6.07, 6.45) is -0.350. The van der Waals surface area contributed by atoms with E-state index in [9.17, 15) is 13.6 Å². The number of benzene rings is 1. The zero-order valence-corrected chi connectivity index (χ0v) is 15.5. The molecule has 1 saturated heterocycles. The van der Waals surface area contributed by atoms with E-state index in [0.29, 0.717) is 51.5 Å². The molecular formula is C19H23F2N5O2. The van der Waals surface area contributed by atoms with E-state index in [-0.39, 0.29) is 24.1 Å². The number of nitrogens with one attached hydrogen (secondary N) is 1. The molecule has 1 atom stereocenters. The van der Waals surface area contributed by atoms with E-state index in [4.69, 9.17) is 4.74 Å². The summed E-state index contributed by atoms with van der Waals surface area (Å²) in [5, 5.41) is 11.0. The molecule has 7 nitrogen and oxygen atoms in total. The second kappa shape index (κ2) is 8.22. The summed E-state index contributed by atoms with van der Waals surface area (Å²) in [5.41, 5.74) is 0.103. The second-order valence-electron chi connectivity index (χ2n) is 7.14. The molecule has 0 bridgehead atoms. The van der Waals surface area contributed by atoms with Crippen LogP contribution in [0.4, 0.5) is 13.6 Å². The molecular weight excluding hydrogens is 368 g/mol. The lowest BCUT2D eigenvalue weighted by Crippen LogP contribution is -2.45. The van der Waals surface area contributed by atoms with Crippen molar-refractivity contribution < 1.29 is 18.3 Å². The maximum absolute atomic E-state index is 14.7. The number of piperidine rings is 1. The van der Waals surface area contributed by atoms with Crippen molar-refractivity contribution in [2.45, 2.75) is 38.7 Å². The number of urea groups is 1. The number of amides is 2. The monoisotopic (exact) mass is 391 g/mol. The molecule has 4 rings (SSSR count). The van der Waals surface area contributed by atoms with Gasteiger partial charge in [0.2, 0.25) is 0 Å². The van der Waals surface area contributed by atoms with Gasteiger partial charge in [-0.1, -0.05) is 18.2 Å². The van der Waals surface area contributed by atoms with Crippen molar-refractivity contribution in [2.24, 2.45) is 5.92 Å². The molecule has 0 spiro atoms. The molecule has 28 heavy (non-hydrogen) atoms. The van der Waals surface area contributed by atoms with Gasteiger partial charge in [-0.2, -0.15) is 0 Å². The van der Waals surface area contributed by atoms with Crippen LogP contribution in [0.15, 0.2) is 24.3 Å². The van der Waals surface area contributed by atoms with Gasteiger partial charge in [0.15, 0.2) is 11.6 Å². The van der Waals surface area contributed by atoms with Gasteiger partial charge in [0.05, 0.1) is 13.2 Å². The van der Waals surface area contributed by atoms with Gasteiger partial charge in [0.1, 0.15) is 18.6 Å². The first-order chi connectivity index (χ1) is 13.6. The molecule has 9 heteroatoms. The molecule has 0 aliphatic carbocycles. The molecule has 150 valence electrons. The van der Waals surface area contributed by atoms with Gasteiger partial charge >= 0.3 is 6.03 Å². The number of likely N-dealkylation sites (tertiary alicyclic amines) is 1. The van der Waals surface area contributed by atoms with E-state index in [1.165, 1.54) is 12.1 Å². The highest BCUT2D eigenvalue weighted by atomic mass is 19.1. The highest BCUT2D eigenvalue weighted by Gasteiger charge is 2.30. The normalized spacial score (nSPS) is 18.6. The Morgan fingerprint density at radius 2 is 2.04 bits per heavy atom. The maximum atomic E-state index is 14.7. The molecule has 2 aliphatic heterocycles. The number of aromatic nitrogens is 3. The number of hydrogen-bond donors (Lipinski definition) is 1. The fourth-order valence-corrected chi connectivity index (χ4v) is 3.80. The number of carbonyl (C=O) groups excluding carboxylic acids is 1. The summed E-state index contributed by atoms with van der Waals surface area (Å²) in [5.74, 6) is 0.657. The van der Waals surface area contributed by atoms with E-state index >= 15 is 0 Å². The lowest BCUT2D eigenvalue weighted by molar-refractivity contribution is 0.0804. The average Bonchev–Trinajstić information content (AvgIpc) is 3.15. The third-order valence-electron chi connectivity index (χ3n) is 5.44. The minimum Gasteiger partial charge on any atom is -0.372 e. The van der Waals surface area contributed by atoms with Crippen LogP contribution >= 0.6 is 0 Å². The maximum Gasteiger partial charge on any atom is 0.317 e. The van der Waals surface area contributed by atoms with Crippen LogP contribution in [-0.2, 0) is 24.4 Å². The predicted molar refractivity (Wildman–Crippen MR) is 96.5 cm³/mol. The molecule has 2 aliphatic rings. The number of rotatable bonds is 4. The van der Waals surface area contributed by atoms with Crippen molar-refractivity contribution in [1.29, 1.82) is 0 Å². The Morgan fingerprint density at radius 3 is 2.82 bits per heavy atom. The number of carbonyl (C=O) groups is 1. The van der Waals surface area contributed by atoms with Crippen LogP contribution in [-0.4, -0.2) is 45.4 Å². The van der Waals surface area contributed by atoms with E-state index in [2.05, 4.69) is 15.5 Å². The highest BCUT2D eigenvalue weighted by molar-refractivity contribution is 5.74. The minimum absolute atomic E-state index is 0.103. The van der Waals surface area contributed by atoms with Crippen LogP contribution in [0.25, 0.3) is 0 Å². The molecule has 1 unspecified atom stereocenters. The number of fused-ring (bicyclic) bond motifs is 1. The summed E-state index contributed by atoms with van der Waals surface area (Å²) in [6, 6.07) is 5.76. The number of hydrogen-bond acceptors (Lipinski definition) is 4. The third kappa shape index (κ3) is 3.84. The quantitative estimate of drug-likeness (QED) is 0.870. The summed E-state index contributed by atoms with van der Waals surface area (Å²) in [7, 11) is 0. The first kappa shape index (κ1) is 18.8. The summed E-state index contributed by atoms with van der Waals surface area (Å²) < 4.78 is 35.8. The van der Waals surface area contributed by atoms with Crippen LogP contribution in [0.3, 0.4) is 0 Å². The van der Waals surface area contributed by atoms with Crippen LogP contribution in [0, 0.1) is 11.7 Å². The SMILES string of the molecule is O=C(NCc1nnc2n1CCOC2)N1CCC(C(F)c2ccccc2F)CC1. The number of nitrogens with zero attached hydrogens (tertiary/aromatic N) is 4. The van der Waals surface area contributed by atoms with E-state index in [1.807, 2.05) is 4.57 Å². The van der Waals surface area contributed by atoms with E-state index in [0.717, 1.165) is 5.82 Å². The van der Waals surface area contributed by atoms with Gasteiger partial charge in [-0.3, -0.25) is 0 Å². The predicted octanol–water partition coefficient (Wildman–Crippen LogP) is 2.58. The van der Waals surface area contributed by atoms with Crippen molar-refractivity contribution in [1.82, 2.24) is 25.0 Å². The van der Waals surface area contributed by atoms with Crippen LogP contribution < -0.4 is 5.32 Å². The van der Waals surface area contributed by atoms with Crippen molar-refractivity contribution in [2.75, 3.05) is 19.7 Å². The van der Waals surface area contributed by atoms with Crippen molar-refractivity contribution >= 4 is 6.03 Å². The van der Waals surface area contributed by atoms with E-state index < -0.39 is 12.0 Å². The Labute approximate surface area is 161 Å². The molecule has 2 aromatic rings. The Morgan fingerprint density at radius 1 is 1.25 bits per heavy atom. The zero-order valence-electron chi connectivity index (χ0n) is 15.5. The molecule has 1 aromatic heterocycles. The largest absolute Gasteiger partial charge is 0.372 e. The fraction of sp³-hybridized carbons (Fsp3) is 0.526.